The van der Waals surface area contributed by atoms with Crippen molar-refractivity contribution in [1.82, 2.24) is 30.2 Å². The Labute approximate surface area is 261 Å². The summed E-state index contributed by atoms with van der Waals surface area (Å²) in [6, 6.07) is 19.5. The number of alkyl halides is 3. The van der Waals surface area contributed by atoms with Gasteiger partial charge in [-0.05, 0) is 79.0 Å². The van der Waals surface area contributed by atoms with Gasteiger partial charge >= 0.3 is 6.36 Å². The van der Waals surface area contributed by atoms with Gasteiger partial charge in [0.25, 0.3) is 0 Å². The number of halogens is 3. The lowest BCUT2D eigenvalue weighted by atomic mass is 9.99. The number of aryl methyl sites for hydroxylation is 1. The number of hydrogen-bond donors (Lipinski definition) is 2. The highest BCUT2D eigenvalue weighted by molar-refractivity contribution is 7.80. The Hall–Kier alpha value is -4.33. The van der Waals surface area contributed by atoms with E-state index in [9.17, 15) is 13.2 Å². The van der Waals surface area contributed by atoms with Crippen molar-refractivity contribution in [2.75, 3.05) is 0 Å². The molecule has 0 saturated carbocycles. The normalized spacial score (nSPS) is 12.9. The van der Waals surface area contributed by atoms with Gasteiger partial charge in [-0.1, -0.05) is 50.2 Å². The molecular weight excluding hydrogens is 608 g/mol. The predicted octanol–water partition coefficient (Wildman–Crippen LogP) is 7.16. The van der Waals surface area contributed by atoms with Crippen molar-refractivity contribution in [3.05, 3.63) is 106 Å². The van der Waals surface area contributed by atoms with Crippen LogP contribution in [0.2, 0.25) is 0 Å². The maximum atomic E-state index is 12.4. The first-order valence-corrected chi connectivity index (χ1v) is 15.0. The maximum absolute atomic E-state index is 12.4. The molecule has 44 heavy (non-hydrogen) atoms. The molecular formula is C31H30F3N7OS2. The molecule has 5 aromatic rings. The molecule has 0 bridgehead atoms. The number of thiocarbonyl (C=S) groups is 1. The summed E-state index contributed by atoms with van der Waals surface area (Å²) in [5.41, 5.74) is 12.1. The van der Waals surface area contributed by atoms with Crippen LogP contribution < -0.4 is 20.4 Å². The number of nitrogens with zero attached hydrogens (tertiary/aromatic N) is 5. The van der Waals surface area contributed by atoms with E-state index in [1.165, 1.54) is 57.7 Å². The van der Waals surface area contributed by atoms with Crippen LogP contribution in [0, 0.1) is 6.92 Å². The number of aromatic nitrogens is 4. The number of rotatable bonds is 8. The van der Waals surface area contributed by atoms with Crippen molar-refractivity contribution in [2.45, 2.75) is 46.0 Å². The Balaban J connectivity index is 1.22. The van der Waals surface area contributed by atoms with Crippen LogP contribution in [0.3, 0.4) is 0 Å². The Morgan fingerprint density at radius 1 is 1.02 bits per heavy atom. The monoisotopic (exact) mass is 637 g/mol. The Bertz CT molecular complexity index is 1810. The summed E-state index contributed by atoms with van der Waals surface area (Å²) in [6.07, 6.45) is -1.24. The van der Waals surface area contributed by atoms with Crippen LogP contribution in [-0.2, 0) is 0 Å². The number of thiazole rings is 1. The molecule has 0 fully saturated rings. The Morgan fingerprint density at radius 2 is 1.75 bits per heavy atom. The maximum Gasteiger partial charge on any atom is 0.573 e. The van der Waals surface area contributed by atoms with Gasteiger partial charge in [0.1, 0.15) is 12.1 Å². The first-order valence-electron chi connectivity index (χ1n) is 13.7. The van der Waals surface area contributed by atoms with Gasteiger partial charge in [-0.25, -0.2) is 15.1 Å². The molecule has 0 radical (unpaired) electrons. The summed E-state index contributed by atoms with van der Waals surface area (Å²) in [5, 5.41) is 6.77. The Kier molecular flexibility index (Phi) is 9.28. The number of hydrazine groups is 1. The largest absolute Gasteiger partial charge is 0.573 e. The first-order chi connectivity index (χ1) is 21.0. The summed E-state index contributed by atoms with van der Waals surface area (Å²) >= 11 is 7.04. The minimum Gasteiger partial charge on any atom is -0.406 e. The predicted molar refractivity (Wildman–Crippen MR) is 169 cm³/mol. The van der Waals surface area contributed by atoms with Crippen molar-refractivity contribution in [1.29, 1.82) is 0 Å². The minimum atomic E-state index is -4.74. The third kappa shape index (κ3) is 7.59. The second-order valence-corrected chi connectivity index (χ2v) is 11.6. The summed E-state index contributed by atoms with van der Waals surface area (Å²) in [5.74, 6) is 0.532. The van der Waals surface area contributed by atoms with E-state index in [-0.39, 0.29) is 11.8 Å². The van der Waals surface area contributed by atoms with Crippen molar-refractivity contribution < 1.29 is 17.9 Å². The van der Waals surface area contributed by atoms with E-state index >= 15 is 0 Å². The molecule has 228 valence electrons. The number of ether oxygens (including phenoxy) is 1. The number of hydrogen-bond acceptors (Lipinski definition) is 6. The fourth-order valence-electron chi connectivity index (χ4n) is 4.50. The average molecular weight is 638 g/mol. The van der Waals surface area contributed by atoms with Crippen molar-refractivity contribution >= 4 is 28.7 Å². The molecule has 0 aliphatic carbocycles. The molecule has 1 unspecified atom stereocenters. The van der Waals surface area contributed by atoms with Crippen molar-refractivity contribution in [2.24, 2.45) is 4.99 Å². The third-order valence-corrected chi connectivity index (χ3v) is 7.70. The SMILES string of the molecule is Cc1ccc(C(C)C)c(-n2ccs/c2=N\C(=S)NNC(C)c2ccc(-c3ncn(-c4ccc(OC(F)(F)F)cc4)n3)cc2)c1. The lowest BCUT2D eigenvalue weighted by Gasteiger charge is -2.16. The van der Waals surface area contributed by atoms with E-state index in [2.05, 4.69) is 74.2 Å². The second kappa shape index (κ2) is 13.1. The van der Waals surface area contributed by atoms with E-state index in [0.29, 0.717) is 22.5 Å². The molecule has 1 atom stereocenters. The van der Waals surface area contributed by atoms with Gasteiger partial charge in [0.05, 0.1) is 11.4 Å². The van der Waals surface area contributed by atoms with Crippen LogP contribution in [0.5, 0.6) is 5.75 Å². The third-order valence-electron chi connectivity index (χ3n) is 6.75. The van der Waals surface area contributed by atoms with Gasteiger partial charge in [-0.15, -0.1) is 29.6 Å². The zero-order valence-electron chi connectivity index (χ0n) is 24.3. The van der Waals surface area contributed by atoms with Gasteiger partial charge in [0.15, 0.2) is 10.6 Å². The lowest BCUT2D eigenvalue weighted by molar-refractivity contribution is -0.274. The van der Waals surface area contributed by atoms with Gasteiger partial charge in [-0.3, -0.25) is 9.99 Å². The fourth-order valence-corrected chi connectivity index (χ4v) is 5.42. The molecule has 0 aliphatic heterocycles. The van der Waals surface area contributed by atoms with Gasteiger partial charge in [-0.2, -0.15) is 4.99 Å². The van der Waals surface area contributed by atoms with Gasteiger partial charge in [0, 0.05) is 23.2 Å². The summed E-state index contributed by atoms with van der Waals surface area (Å²) in [7, 11) is 0. The summed E-state index contributed by atoms with van der Waals surface area (Å²) in [6.45, 7) is 8.42. The molecule has 0 amide bonds. The van der Waals surface area contributed by atoms with Crippen LogP contribution >= 0.6 is 23.6 Å². The van der Waals surface area contributed by atoms with Crippen LogP contribution in [0.4, 0.5) is 13.2 Å². The summed E-state index contributed by atoms with van der Waals surface area (Å²) in [4.78, 5) is 9.77. The van der Waals surface area contributed by atoms with Crippen LogP contribution in [0.1, 0.15) is 49.4 Å². The molecule has 2 heterocycles. The number of benzene rings is 3. The Morgan fingerprint density at radius 3 is 2.43 bits per heavy atom. The zero-order valence-corrected chi connectivity index (χ0v) is 26.0. The molecule has 2 N–H and O–H groups in total. The molecule has 13 heteroatoms. The fraction of sp³-hybridized carbons (Fsp3) is 0.226. The highest BCUT2D eigenvalue weighted by atomic mass is 32.1. The molecule has 8 nitrogen and oxygen atoms in total. The molecule has 5 rings (SSSR count). The highest BCUT2D eigenvalue weighted by Gasteiger charge is 2.31. The minimum absolute atomic E-state index is 0.0973. The number of nitrogens with one attached hydrogen (secondary N) is 2. The zero-order chi connectivity index (χ0) is 31.4. The van der Waals surface area contributed by atoms with Gasteiger partial charge in [0.2, 0.25) is 5.11 Å². The highest BCUT2D eigenvalue weighted by Crippen LogP contribution is 2.25. The van der Waals surface area contributed by atoms with Gasteiger partial charge < -0.3 is 4.74 Å². The first kappa shape index (κ1) is 31.1. The summed E-state index contributed by atoms with van der Waals surface area (Å²) < 4.78 is 44.7. The molecule has 0 aliphatic rings. The molecule has 2 aromatic heterocycles. The standard InChI is InChI=1S/C31H30F3N7OS2/c1-19(2)26-14-5-20(3)17-27(26)40-15-16-44-30(40)36-29(43)38-37-21(4)22-6-8-23(9-7-22)28-35-18-41(39-28)24-10-12-25(13-11-24)42-31(32,33)34/h5-19,21,37H,1-4H3,(H,38,43)/b36-30-. The smallest absolute Gasteiger partial charge is 0.406 e. The van der Waals surface area contributed by atoms with Crippen LogP contribution in [0.15, 0.2) is 89.6 Å². The second-order valence-electron chi connectivity index (χ2n) is 10.4. The quantitative estimate of drug-likeness (QED) is 0.139. The van der Waals surface area contributed by atoms with Crippen molar-refractivity contribution in [3.63, 3.8) is 0 Å². The van der Waals surface area contributed by atoms with E-state index in [0.717, 1.165) is 21.6 Å². The van der Waals surface area contributed by atoms with E-state index < -0.39 is 6.36 Å². The topological polar surface area (TPSA) is 81.3 Å². The van der Waals surface area contributed by atoms with Crippen LogP contribution in [0.25, 0.3) is 22.8 Å². The molecule has 3 aromatic carbocycles. The van der Waals surface area contributed by atoms with E-state index in [1.807, 2.05) is 42.8 Å². The molecule has 0 spiro atoms. The van der Waals surface area contributed by atoms with E-state index in [1.54, 1.807) is 0 Å². The van der Waals surface area contributed by atoms with Crippen LogP contribution in [-0.4, -0.2) is 30.8 Å². The van der Waals surface area contributed by atoms with E-state index in [4.69, 9.17) is 12.2 Å². The average Bonchev–Trinajstić information content (AvgIpc) is 3.66. The molecule has 0 saturated heterocycles. The lowest BCUT2D eigenvalue weighted by Crippen LogP contribution is -2.38. The van der Waals surface area contributed by atoms with Crippen molar-refractivity contribution in [3.8, 4) is 28.5 Å².